The lowest BCUT2D eigenvalue weighted by Gasteiger charge is -2.07. The van der Waals surface area contributed by atoms with E-state index in [4.69, 9.17) is 19.7 Å². The van der Waals surface area contributed by atoms with Crippen molar-refractivity contribution in [1.82, 2.24) is 0 Å². The van der Waals surface area contributed by atoms with Gasteiger partial charge in [0.05, 0.1) is 39.6 Å². The zero-order chi connectivity index (χ0) is 15.6. The summed E-state index contributed by atoms with van der Waals surface area (Å²) in [6.45, 7) is 1.85. The van der Waals surface area contributed by atoms with Crippen molar-refractivity contribution in [2.45, 2.75) is 13.2 Å². The van der Waals surface area contributed by atoms with Gasteiger partial charge in [0.25, 0.3) is 0 Å². The van der Waals surface area contributed by atoms with Crippen LogP contribution in [0.15, 0.2) is 48.5 Å². The first-order valence-corrected chi connectivity index (χ1v) is 7.39. The van der Waals surface area contributed by atoms with Crippen LogP contribution in [0.5, 0.6) is 0 Å². The van der Waals surface area contributed by atoms with Crippen LogP contribution in [-0.2, 0) is 22.7 Å². The number of benzene rings is 2. The molecular weight excluding hydrogens is 280 g/mol. The summed E-state index contributed by atoms with van der Waals surface area (Å²) in [6.07, 6.45) is 0. The predicted molar refractivity (Wildman–Crippen MR) is 85.4 cm³/mol. The Hall–Kier alpha value is -1.72. The average molecular weight is 302 g/mol. The molecule has 0 amide bonds. The molecule has 0 atom stereocenters. The molecule has 0 bridgehead atoms. The molecule has 0 aliphatic heterocycles. The van der Waals surface area contributed by atoms with Crippen molar-refractivity contribution in [3.05, 3.63) is 59.7 Å². The number of hydrogen-bond acceptors (Lipinski definition) is 4. The van der Waals surface area contributed by atoms with Crippen molar-refractivity contribution in [2.75, 3.05) is 26.4 Å². The van der Waals surface area contributed by atoms with Gasteiger partial charge in [-0.05, 0) is 22.3 Å². The van der Waals surface area contributed by atoms with E-state index in [-0.39, 0.29) is 13.2 Å². The Morgan fingerprint density at radius 3 is 1.27 bits per heavy atom. The maximum atomic E-state index is 8.68. The lowest BCUT2D eigenvalue weighted by molar-refractivity contribution is 0.0815. The minimum atomic E-state index is 0.0481. The number of ether oxygens (including phenoxy) is 2. The highest BCUT2D eigenvalue weighted by molar-refractivity contribution is 5.63. The molecule has 0 aliphatic carbocycles. The highest BCUT2D eigenvalue weighted by Crippen LogP contribution is 2.21. The van der Waals surface area contributed by atoms with Crippen LogP contribution >= 0.6 is 0 Å². The Morgan fingerprint density at radius 1 is 0.591 bits per heavy atom. The van der Waals surface area contributed by atoms with Crippen LogP contribution in [0.4, 0.5) is 0 Å². The molecular formula is C18H22O4. The molecule has 0 heterocycles. The molecule has 4 nitrogen and oxygen atoms in total. The molecule has 0 saturated carbocycles. The first-order valence-electron chi connectivity index (χ1n) is 7.39. The largest absolute Gasteiger partial charge is 0.394 e. The second kappa shape index (κ2) is 9.33. The summed E-state index contributed by atoms with van der Waals surface area (Å²) in [5.41, 5.74) is 4.47. The van der Waals surface area contributed by atoms with Crippen LogP contribution in [0.2, 0.25) is 0 Å². The van der Waals surface area contributed by atoms with E-state index in [2.05, 4.69) is 24.3 Å². The first kappa shape index (κ1) is 16.6. The van der Waals surface area contributed by atoms with E-state index in [0.29, 0.717) is 26.4 Å². The Balaban J connectivity index is 1.93. The van der Waals surface area contributed by atoms with Gasteiger partial charge in [-0.15, -0.1) is 0 Å². The zero-order valence-corrected chi connectivity index (χ0v) is 12.6. The van der Waals surface area contributed by atoms with Gasteiger partial charge in [-0.3, -0.25) is 0 Å². The summed E-state index contributed by atoms with van der Waals surface area (Å²) in [5.74, 6) is 0. The minimum absolute atomic E-state index is 0.0481. The standard InChI is InChI=1S/C18H22O4/c19-9-11-21-13-15-1-5-17(6-2-15)18-7-3-16(4-8-18)14-22-12-10-20/h1-8,19-20H,9-14H2. The van der Waals surface area contributed by atoms with Gasteiger partial charge in [0, 0.05) is 0 Å². The van der Waals surface area contributed by atoms with E-state index in [9.17, 15) is 0 Å². The van der Waals surface area contributed by atoms with Gasteiger partial charge in [-0.25, -0.2) is 0 Å². The molecule has 0 spiro atoms. The van der Waals surface area contributed by atoms with E-state index < -0.39 is 0 Å². The Kier molecular flexibility index (Phi) is 7.06. The van der Waals surface area contributed by atoms with Crippen LogP contribution in [-0.4, -0.2) is 36.6 Å². The van der Waals surface area contributed by atoms with Crippen molar-refractivity contribution in [3.63, 3.8) is 0 Å². The van der Waals surface area contributed by atoms with Gasteiger partial charge >= 0.3 is 0 Å². The van der Waals surface area contributed by atoms with E-state index in [1.165, 1.54) is 0 Å². The normalized spacial score (nSPS) is 10.8. The Labute approximate surface area is 130 Å². The van der Waals surface area contributed by atoms with E-state index in [1.54, 1.807) is 0 Å². The van der Waals surface area contributed by atoms with Crippen molar-refractivity contribution in [1.29, 1.82) is 0 Å². The third-order valence-corrected chi connectivity index (χ3v) is 3.25. The molecule has 0 unspecified atom stereocenters. The van der Waals surface area contributed by atoms with Gasteiger partial charge in [-0.1, -0.05) is 48.5 Å². The van der Waals surface area contributed by atoms with E-state index in [1.807, 2.05) is 24.3 Å². The van der Waals surface area contributed by atoms with Crippen molar-refractivity contribution in [2.24, 2.45) is 0 Å². The molecule has 2 aromatic carbocycles. The van der Waals surface area contributed by atoms with Gasteiger partial charge in [0.15, 0.2) is 0 Å². The molecule has 22 heavy (non-hydrogen) atoms. The van der Waals surface area contributed by atoms with E-state index >= 15 is 0 Å². The Morgan fingerprint density at radius 2 is 0.955 bits per heavy atom. The molecule has 2 aromatic rings. The fourth-order valence-electron chi connectivity index (χ4n) is 2.10. The summed E-state index contributed by atoms with van der Waals surface area (Å²) < 4.78 is 10.6. The zero-order valence-electron chi connectivity index (χ0n) is 12.6. The third kappa shape index (κ3) is 5.24. The van der Waals surface area contributed by atoms with Gasteiger partial charge in [-0.2, -0.15) is 0 Å². The topological polar surface area (TPSA) is 58.9 Å². The average Bonchev–Trinajstić information content (AvgIpc) is 2.57. The van der Waals surface area contributed by atoms with Crippen LogP contribution in [0.3, 0.4) is 0 Å². The van der Waals surface area contributed by atoms with Crippen molar-refractivity contribution < 1.29 is 19.7 Å². The second-order valence-corrected chi connectivity index (χ2v) is 4.95. The van der Waals surface area contributed by atoms with Crippen LogP contribution in [0, 0.1) is 0 Å². The first-order chi connectivity index (χ1) is 10.8. The molecule has 0 saturated heterocycles. The molecule has 2 N–H and O–H groups in total. The van der Waals surface area contributed by atoms with E-state index in [0.717, 1.165) is 22.3 Å². The number of aliphatic hydroxyl groups excluding tert-OH is 2. The number of rotatable bonds is 9. The lowest BCUT2D eigenvalue weighted by atomic mass is 10.0. The quantitative estimate of drug-likeness (QED) is 0.698. The Bertz CT molecular complexity index is 483. The highest BCUT2D eigenvalue weighted by Gasteiger charge is 2.00. The van der Waals surface area contributed by atoms with Crippen molar-refractivity contribution >= 4 is 0 Å². The molecule has 4 heteroatoms. The van der Waals surface area contributed by atoms with Gasteiger partial charge in [0.1, 0.15) is 0 Å². The maximum absolute atomic E-state index is 8.68. The SMILES string of the molecule is OCCOCc1ccc(-c2ccc(COCCO)cc2)cc1. The van der Waals surface area contributed by atoms with Crippen LogP contribution in [0.25, 0.3) is 11.1 Å². The third-order valence-electron chi connectivity index (χ3n) is 3.25. The van der Waals surface area contributed by atoms with Gasteiger partial charge < -0.3 is 19.7 Å². The van der Waals surface area contributed by atoms with Crippen LogP contribution < -0.4 is 0 Å². The van der Waals surface area contributed by atoms with Crippen molar-refractivity contribution in [3.8, 4) is 11.1 Å². The maximum Gasteiger partial charge on any atom is 0.0718 e. The molecule has 0 radical (unpaired) electrons. The summed E-state index contributed by atoms with van der Waals surface area (Å²) in [5, 5.41) is 17.4. The summed E-state index contributed by atoms with van der Waals surface area (Å²) in [4.78, 5) is 0. The molecule has 118 valence electrons. The second-order valence-electron chi connectivity index (χ2n) is 4.95. The highest BCUT2D eigenvalue weighted by atomic mass is 16.5. The molecule has 0 fully saturated rings. The predicted octanol–water partition coefficient (Wildman–Crippen LogP) is 2.37. The van der Waals surface area contributed by atoms with Gasteiger partial charge in [0.2, 0.25) is 0 Å². The summed E-state index contributed by atoms with van der Waals surface area (Å²) in [6, 6.07) is 16.4. The smallest absolute Gasteiger partial charge is 0.0718 e. The van der Waals surface area contributed by atoms with Crippen LogP contribution in [0.1, 0.15) is 11.1 Å². The summed E-state index contributed by atoms with van der Waals surface area (Å²) >= 11 is 0. The fourth-order valence-corrected chi connectivity index (χ4v) is 2.10. The summed E-state index contributed by atoms with van der Waals surface area (Å²) in [7, 11) is 0. The molecule has 0 aromatic heterocycles. The minimum Gasteiger partial charge on any atom is -0.394 e. The fraction of sp³-hybridized carbons (Fsp3) is 0.333. The lowest BCUT2D eigenvalue weighted by Crippen LogP contribution is -1.99. The number of aliphatic hydroxyl groups is 2. The molecule has 0 aliphatic rings. The number of hydrogen-bond donors (Lipinski definition) is 2. The monoisotopic (exact) mass is 302 g/mol. The molecule has 2 rings (SSSR count).